The second kappa shape index (κ2) is 6.01. The van der Waals surface area contributed by atoms with Crippen molar-refractivity contribution in [3.8, 4) is 11.3 Å². The number of hydrogen-bond acceptors (Lipinski definition) is 4. The largest absolute Gasteiger partial charge is 0.241 e. The van der Waals surface area contributed by atoms with Crippen molar-refractivity contribution in [1.29, 1.82) is 0 Å². The number of aromatic nitrogens is 1. The number of rotatable bonds is 4. The Morgan fingerprint density at radius 2 is 1.88 bits per heavy atom. The van der Waals surface area contributed by atoms with Crippen molar-refractivity contribution in [3.63, 3.8) is 0 Å². The third-order valence-electron chi connectivity index (χ3n) is 4.39. The Labute approximate surface area is 149 Å². The molecule has 7 heteroatoms. The molecule has 25 heavy (non-hydrogen) atoms. The Morgan fingerprint density at radius 1 is 1.12 bits per heavy atom. The lowest BCUT2D eigenvalue weighted by molar-refractivity contribution is 0.597. The van der Waals surface area contributed by atoms with E-state index in [0.29, 0.717) is 11.8 Å². The van der Waals surface area contributed by atoms with Crippen molar-refractivity contribution in [2.24, 2.45) is 5.14 Å². The first-order valence-corrected chi connectivity index (χ1v) is 10.2. The van der Waals surface area contributed by atoms with Gasteiger partial charge in [0.05, 0.1) is 15.6 Å². The minimum Gasteiger partial charge on any atom is -0.241 e. The number of nitrogens with two attached hydrogens (primary N) is 1. The first kappa shape index (κ1) is 16.4. The van der Waals surface area contributed by atoms with E-state index in [-0.39, 0.29) is 10.7 Å². The molecule has 1 aliphatic carbocycles. The summed E-state index contributed by atoms with van der Waals surface area (Å²) in [6.07, 6.45) is 0.977. The van der Waals surface area contributed by atoms with Crippen LogP contribution in [-0.2, 0) is 10.0 Å². The second-order valence-electron chi connectivity index (χ2n) is 6.14. The molecule has 0 radical (unpaired) electrons. The summed E-state index contributed by atoms with van der Waals surface area (Å²) in [5.74, 6) is 0.389. The van der Waals surface area contributed by atoms with E-state index >= 15 is 0 Å². The Kier molecular flexibility index (Phi) is 3.94. The van der Waals surface area contributed by atoms with Gasteiger partial charge in [-0.05, 0) is 42.2 Å². The minimum atomic E-state index is -3.66. The van der Waals surface area contributed by atoms with Gasteiger partial charge in [0.15, 0.2) is 0 Å². The standard InChI is InChI=1S/C18H15FN2O2S2/c19-13-3-1-2-12(8-13)17-10-24-18(21-17)16-9-15(16)11-4-6-14(7-5-11)25(20,22)23/h1-8,10,15-16H,9H2,(H2,20,22,23)/t15-,16+/m0/s1. The predicted octanol–water partition coefficient (Wildman–Crippen LogP) is 3.87. The molecule has 0 saturated heterocycles. The molecule has 0 amide bonds. The van der Waals surface area contributed by atoms with Gasteiger partial charge in [0.2, 0.25) is 10.0 Å². The molecule has 2 N–H and O–H groups in total. The molecule has 0 unspecified atom stereocenters. The van der Waals surface area contributed by atoms with Gasteiger partial charge in [0.1, 0.15) is 5.82 Å². The summed E-state index contributed by atoms with van der Waals surface area (Å²) in [4.78, 5) is 4.77. The van der Waals surface area contributed by atoms with E-state index in [2.05, 4.69) is 4.98 Å². The molecule has 0 aliphatic heterocycles. The summed E-state index contributed by atoms with van der Waals surface area (Å²) >= 11 is 1.58. The Balaban J connectivity index is 1.52. The van der Waals surface area contributed by atoms with Crippen molar-refractivity contribution >= 4 is 21.4 Å². The Hall–Kier alpha value is -2.09. The molecule has 1 aliphatic rings. The zero-order valence-electron chi connectivity index (χ0n) is 13.1. The van der Waals surface area contributed by atoms with Gasteiger partial charge in [-0.1, -0.05) is 24.3 Å². The monoisotopic (exact) mass is 374 g/mol. The molecule has 1 fully saturated rings. The molecule has 3 aromatic rings. The molecule has 1 heterocycles. The molecule has 2 atom stereocenters. The average molecular weight is 374 g/mol. The van der Waals surface area contributed by atoms with Gasteiger partial charge in [-0.3, -0.25) is 0 Å². The summed E-state index contributed by atoms with van der Waals surface area (Å²) in [7, 11) is -3.66. The topological polar surface area (TPSA) is 73.1 Å². The number of primary sulfonamides is 1. The van der Waals surface area contributed by atoms with Gasteiger partial charge in [0.25, 0.3) is 0 Å². The maximum absolute atomic E-state index is 13.4. The Morgan fingerprint density at radius 3 is 2.56 bits per heavy atom. The van der Waals surface area contributed by atoms with Gasteiger partial charge in [-0.25, -0.2) is 22.9 Å². The fourth-order valence-corrected chi connectivity index (χ4v) is 4.50. The third-order valence-corrected chi connectivity index (χ3v) is 6.29. The number of thiazole rings is 1. The molecule has 128 valence electrons. The fraction of sp³-hybridized carbons (Fsp3) is 0.167. The van der Waals surface area contributed by atoms with Crippen molar-refractivity contribution < 1.29 is 12.8 Å². The van der Waals surface area contributed by atoms with Crippen molar-refractivity contribution in [2.45, 2.75) is 23.2 Å². The lowest BCUT2D eigenvalue weighted by atomic mass is 10.1. The van der Waals surface area contributed by atoms with Gasteiger partial charge < -0.3 is 0 Å². The van der Waals surface area contributed by atoms with Gasteiger partial charge in [-0.2, -0.15) is 0 Å². The maximum atomic E-state index is 13.4. The van der Waals surface area contributed by atoms with Crippen molar-refractivity contribution in [2.75, 3.05) is 0 Å². The maximum Gasteiger partial charge on any atom is 0.238 e. The first-order chi connectivity index (χ1) is 11.9. The van der Waals surface area contributed by atoms with Crippen LogP contribution in [0.4, 0.5) is 4.39 Å². The molecule has 2 aromatic carbocycles. The van der Waals surface area contributed by atoms with E-state index in [1.807, 2.05) is 23.6 Å². The smallest absolute Gasteiger partial charge is 0.238 e. The highest BCUT2D eigenvalue weighted by Gasteiger charge is 2.41. The van der Waals surface area contributed by atoms with E-state index in [1.54, 1.807) is 29.5 Å². The molecular formula is C18H15FN2O2S2. The molecular weight excluding hydrogens is 359 g/mol. The highest BCUT2D eigenvalue weighted by Crippen LogP contribution is 2.55. The van der Waals surface area contributed by atoms with Crippen molar-refractivity contribution in [1.82, 2.24) is 4.98 Å². The van der Waals surface area contributed by atoms with Crippen LogP contribution in [0.25, 0.3) is 11.3 Å². The Bertz CT molecular complexity index is 1030. The van der Waals surface area contributed by atoms with Crippen LogP contribution >= 0.6 is 11.3 Å². The number of nitrogens with zero attached hydrogens (tertiary/aromatic N) is 1. The summed E-state index contributed by atoms with van der Waals surface area (Å²) < 4.78 is 36.0. The van der Waals surface area contributed by atoms with Gasteiger partial charge in [-0.15, -0.1) is 11.3 Å². The molecule has 1 aromatic heterocycles. The van der Waals surface area contributed by atoms with Gasteiger partial charge in [0, 0.05) is 16.9 Å². The van der Waals surface area contributed by atoms with E-state index in [4.69, 9.17) is 5.14 Å². The summed E-state index contributed by atoms with van der Waals surface area (Å²) in [6.45, 7) is 0. The molecule has 4 nitrogen and oxygen atoms in total. The number of halogens is 1. The highest BCUT2D eigenvalue weighted by atomic mass is 32.2. The predicted molar refractivity (Wildman–Crippen MR) is 95.4 cm³/mol. The average Bonchev–Trinajstić information content (AvgIpc) is 3.22. The van der Waals surface area contributed by atoms with Crippen molar-refractivity contribution in [3.05, 3.63) is 70.3 Å². The van der Waals surface area contributed by atoms with Crippen LogP contribution in [-0.4, -0.2) is 13.4 Å². The molecule has 1 saturated carbocycles. The van der Waals surface area contributed by atoms with E-state index in [9.17, 15) is 12.8 Å². The molecule has 4 rings (SSSR count). The second-order valence-corrected chi connectivity index (χ2v) is 8.60. The van der Waals surface area contributed by atoms with E-state index in [1.165, 1.54) is 12.1 Å². The zero-order valence-corrected chi connectivity index (χ0v) is 14.7. The van der Waals surface area contributed by atoms with Crippen LogP contribution in [0.1, 0.15) is 28.8 Å². The van der Waals surface area contributed by atoms with Crippen LogP contribution in [0.5, 0.6) is 0 Å². The lowest BCUT2D eigenvalue weighted by Crippen LogP contribution is -2.11. The van der Waals surface area contributed by atoms with E-state index in [0.717, 1.165) is 28.2 Å². The van der Waals surface area contributed by atoms with Crippen LogP contribution < -0.4 is 5.14 Å². The van der Waals surface area contributed by atoms with Crippen LogP contribution in [0.3, 0.4) is 0 Å². The summed E-state index contributed by atoms with van der Waals surface area (Å²) in [5.41, 5.74) is 2.65. The van der Waals surface area contributed by atoms with Gasteiger partial charge >= 0.3 is 0 Å². The van der Waals surface area contributed by atoms with Crippen LogP contribution in [0.15, 0.2) is 58.8 Å². The highest BCUT2D eigenvalue weighted by molar-refractivity contribution is 7.89. The lowest BCUT2D eigenvalue weighted by Gasteiger charge is -2.02. The third kappa shape index (κ3) is 3.35. The quantitative estimate of drug-likeness (QED) is 0.753. The minimum absolute atomic E-state index is 0.121. The zero-order chi connectivity index (χ0) is 17.6. The number of benzene rings is 2. The normalized spacial score (nSPS) is 19.8. The summed E-state index contributed by atoms with van der Waals surface area (Å²) in [6, 6.07) is 13.1. The van der Waals surface area contributed by atoms with Crippen LogP contribution in [0.2, 0.25) is 0 Å². The fourth-order valence-electron chi connectivity index (χ4n) is 2.98. The molecule has 0 spiro atoms. The number of sulfonamides is 1. The van der Waals surface area contributed by atoms with Crippen LogP contribution in [0, 0.1) is 5.82 Å². The summed E-state index contributed by atoms with van der Waals surface area (Å²) in [5, 5.41) is 8.10. The SMILES string of the molecule is NS(=O)(=O)c1ccc([C@@H]2C[C@H]2c2nc(-c3cccc(F)c3)cs2)cc1. The van der Waals surface area contributed by atoms with E-state index < -0.39 is 10.0 Å². The number of hydrogen-bond donors (Lipinski definition) is 1. The molecule has 0 bridgehead atoms. The first-order valence-electron chi connectivity index (χ1n) is 7.76.